The van der Waals surface area contributed by atoms with E-state index in [-0.39, 0.29) is 30.5 Å². The summed E-state index contributed by atoms with van der Waals surface area (Å²) in [5.74, 6) is -1.37. The zero-order valence-corrected chi connectivity index (χ0v) is 15.4. The second-order valence-corrected chi connectivity index (χ2v) is 7.06. The van der Waals surface area contributed by atoms with E-state index in [4.69, 9.17) is 5.11 Å². The Kier molecular flexibility index (Phi) is 8.43. The fraction of sp³-hybridized carbons (Fsp3) is 0.455. The highest BCUT2D eigenvalue weighted by molar-refractivity contribution is 5.84. The molecule has 0 unspecified atom stereocenters. The normalized spacial score (nSPS) is 24.1. The van der Waals surface area contributed by atoms with Crippen molar-refractivity contribution in [2.24, 2.45) is 11.8 Å². The van der Waals surface area contributed by atoms with Crippen LogP contribution in [0.5, 0.6) is 0 Å². The lowest BCUT2D eigenvalue weighted by Crippen LogP contribution is -2.19. The standard InChI is InChI=1S/C22H28O5/c23-17(14-16-8-4-3-5-9-16)12-13-19-18(20(24)15-21(19)25)10-6-1-2-7-11-22(26)27/h1,3-6,8-9,12-13,17-19,21,23,25H,2,7,10-11,14-15H2,(H,26,27)/b6-1+,13-12?/t17-,18-,19-,21-/m1/s1. The molecule has 27 heavy (non-hydrogen) atoms. The number of carbonyl (C=O) groups excluding carboxylic acids is 1. The second kappa shape index (κ2) is 10.8. The Bertz CT molecular complexity index is 665. The van der Waals surface area contributed by atoms with Crippen molar-refractivity contribution in [3.05, 3.63) is 60.2 Å². The maximum Gasteiger partial charge on any atom is 0.303 e. The summed E-state index contributed by atoms with van der Waals surface area (Å²) in [6, 6.07) is 9.66. The molecule has 1 aromatic rings. The van der Waals surface area contributed by atoms with E-state index >= 15 is 0 Å². The lowest BCUT2D eigenvalue weighted by molar-refractivity contribution is -0.137. The number of carboxylic acid groups (broad SMARTS) is 1. The van der Waals surface area contributed by atoms with Crippen molar-refractivity contribution in [2.45, 2.75) is 50.7 Å². The van der Waals surface area contributed by atoms with Gasteiger partial charge in [0, 0.05) is 31.1 Å². The first-order chi connectivity index (χ1) is 13.0. The van der Waals surface area contributed by atoms with Crippen LogP contribution in [-0.4, -0.2) is 39.3 Å². The lowest BCUT2D eigenvalue weighted by atomic mass is 9.90. The lowest BCUT2D eigenvalue weighted by Gasteiger charge is -2.16. The number of benzene rings is 1. The Hall–Kier alpha value is -2.24. The number of aliphatic hydroxyl groups excluding tert-OH is 2. The van der Waals surface area contributed by atoms with Crippen LogP contribution >= 0.6 is 0 Å². The molecule has 0 spiro atoms. The average molecular weight is 372 g/mol. The summed E-state index contributed by atoms with van der Waals surface area (Å²) in [6.07, 6.45) is 8.36. The zero-order chi connectivity index (χ0) is 19.6. The quantitative estimate of drug-likeness (QED) is 0.434. The summed E-state index contributed by atoms with van der Waals surface area (Å²) in [6.45, 7) is 0. The van der Waals surface area contributed by atoms with Gasteiger partial charge < -0.3 is 15.3 Å². The first kappa shape index (κ1) is 21.1. The van der Waals surface area contributed by atoms with Gasteiger partial charge in [-0.2, -0.15) is 0 Å². The molecule has 0 aliphatic heterocycles. The largest absolute Gasteiger partial charge is 0.481 e. The number of hydrogen-bond donors (Lipinski definition) is 3. The summed E-state index contributed by atoms with van der Waals surface area (Å²) >= 11 is 0. The van der Waals surface area contributed by atoms with Gasteiger partial charge in [-0.05, 0) is 24.8 Å². The van der Waals surface area contributed by atoms with Gasteiger partial charge in [0.2, 0.25) is 0 Å². The van der Waals surface area contributed by atoms with E-state index in [1.165, 1.54) is 0 Å². The molecule has 1 aromatic carbocycles. The van der Waals surface area contributed by atoms with E-state index in [0.29, 0.717) is 25.7 Å². The SMILES string of the molecule is O=C(O)CCC/C=C/C[C@H]1C(=O)C[C@@H](O)[C@@H]1C=C[C@@H](O)Cc1ccccc1. The van der Waals surface area contributed by atoms with Crippen LogP contribution in [0.2, 0.25) is 0 Å². The molecule has 4 atom stereocenters. The van der Waals surface area contributed by atoms with Crippen LogP contribution < -0.4 is 0 Å². The highest BCUT2D eigenvalue weighted by Crippen LogP contribution is 2.33. The molecule has 146 valence electrons. The van der Waals surface area contributed by atoms with Gasteiger partial charge in [-0.25, -0.2) is 0 Å². The molecule has 5 heteroatoms. The molecule has 0 heterocycles. The number of unbranched alkanes of at least 4 members (excludes halogenated alkanes) is 1. The molecule has 0 aromatic heterocycles. The molecule has 1 fully saturated rings. The summed E-state index contributed by atoms with van der Waals surface area (Å²) in [4.78, 5) is 22.7. The summed E-state index contributed by atoms with van der Waals surface area (Å²) in [5, 5.41) is 29.0. The van der Waals surface area contributed by atoms with Crippen molar-refractivity contribution in [3.8, 4) is 0 Å². The fourth-order valence-corrected chi connectivity index (χ4v) is 3.44. The van der Waals surface area contributed by atoms with Crippen molar-refractivity contribution < 1.29 is 24.9 Å². The molecule has 1 saturated carbocycles. The maximum absolute atomic E-state index is 12.2. The van der Waals surface area contributed by atoms with Gasteiger partial charge in [-0.15, -0.1) is 0 Å². The van der Waals surface area contributed by atoms with Crippen LogP contribution in [0.4, 0.5) is 0 Å². The van der Waals surface area contributed by atoms with E-state index in [9.17, 15) is 19.8 Å². The predicted octanol–water partition coefficient (Wildman–Crippen LogP) is 2.91. The van der Waals surface area contributed by atoms with Crippen LogP contribution in [0.1, 0.15) is 37.7 Å². The maximum atomic E-state index is 12.2. The molecular weight excluding hydrogens is 344 g/mol. The summed E-state index contributed by atoms with van der Waals surface area (Å²) in [7, 11) is 0. The summed E-state index contributed by atoms with van der Waals surface area (Å²) < 4.78 is 0. The molecule has 5 nitrogen and oxygen atoms in total. The molecule has 1 aliphatic carbocycles. The van der Waals surface area contributed by atoms with E-state index < -0.39 is 18.2 Å². The molecular formula is C22H28O5. The van der Waals surface area contributed by atoms with Gasteiger partial charge in [0.05, 0.1) is 12.2 Å². The first-order valence-electron chi connectivity index (χ1n) is 9.45. The van der Waals surface area contributed by atoms with Gasteiger partial charge in [-0.3, -0.25) is 9.59 Å². The highest BCUT2D eigenvalue weighted by Gasteiger charge is 2.39. The second-order valence-electron chi connectivity index (χ2n) is 7.06. The van der Waals surface area contributed by atoms with Crippen LogP contribution in [0.15, 0.2) is 54.6 Å². The molecule has 0 radical (unpaired) electrons. The Balaban J connectivity index is 1.87. The fourth-order valence-electron chi connectivity index (χ4n) is 3.44. The van der Waals surface area contributed by atoms with Crippen LogP contribution in [0.25, 0.3) is 0 Å². The third-order valence-corrected chi connectivity index (χ3v) is 4.89. The van der Waals surface area contributed by atoms with Crippen molar-refractivity contribution in [3.63, 3.8) is 0 Å². The van der Waals surface area contributed by atoms with Gasteiger partial charge in [0.25, 0.3) is 0 Å². The van der Waals surface area contributed by atoms with Gasteiger partial charge in [0.15, 0.2) is 0 Å². The average Bonchev–Trinajstić information content (AvgIpc) is 2.89. The highest BCUT2D eigenvalue weighted by atomic mass is 16.4. The molecule has 2 rings (SSSR count). The number of carboxylic acids is 1. The topological polar surface area (TPSA) is 94.8 Å². The number of aliphatic carboxylic acids is 1. The molecule has 3 N–H and O–H groups in total. The van der Waals surface area contributed by atoms with Crippen molar-refractivity contribution in [1.29, 1.82) is 0 Å². The third-order valence-electron chi connectivity index (χ3n) is 4.89. The van der Waals surface area contributed by atoms with E-state index in [1.54, 1.807) is 12.2 Å². The number of rotatable bonds is 10. The Labute approximate surface area is 160 Å². The number of aliphatic hydroxyl groups is 2. The predicted molar refractivity (Wildman–Crippen MR) is 103 cm³/mol. The first-order valence-corrected chi connectivity index (χ1v) is 9.45. The zero-order valence-electron chi connectivity index (χ0n) is 15.4. The van der Waals surface area contributed by atoms with Crippen LogP contribution in [0, 0.1) is 11.8 Å². The number of allylic oxidation sites excluding steroid dienone is 2. The number of hydrogen-bond acceptors (Lipinski definition) is 4. The molecule has 0 bridgehead atoms. The minimum Gasteiger partial charge on any atom is -0.481 e. The van der Waals surface area contributed by atoms with Crippen molar-refractivity contribution in [1.82, 2.24) is 0 Å². The summed E-state index contributed by atoms with van der Waals surface area (Å²) in [5.41, 5.74) is 1.03. The van der Waals surface area contributed by atoms with Crippen LogP contribution in [-0.2, 0) is 16.0 Å². The van der Waals surface area contributed by atoms with E-state index in [1.807, 2.05) is 42.5 Å². The number of ketones is 1. The molecule has 1 aliphatic rings. The minimum atomic E-state index is -0.809. The third kappa shape index (κ3) is 7.12. The van der Waals surface area contributed by atoms with Crippen molar-refractivity contribution >= 4 is 11.8 Å². The minimum absolute atomic E-state index is 0.0323. The van der Waals surface area contributed by atoms with Crippen LogP contribution in [0.3, 0.4) is 0 Å². The van der Waals surface area contributed by atoms with Crippen molar-refractivity contribution in [2.75, 3.05) is 0 Å². The Morgan fingerprint density at radius 3 is 2.67 bits per heavy atom. The van der Waals surface area contributed by atoms with Gasteiger partial charge >= 0.3 is 5.97 Å². The monoisotopic (exact) mass is 372 g/mol. The smallest absolute Gasteiger partial charge is 0.303 e. The van der Waals surface area contributed by atoms with Gasteiger partial charge in [0.1, 0.15) is 5.78 Å². The Morgan fingerprint density at radius 1 is 1.22 bits per heavy atom. The molecule has 0 saturated heterocycles. The van der Waals surface area contributed by atoms with E-state index in [2.05, 4.69) is 0 Å². The Morgan fingerprint density at radius 2 is 1.96 bits per heavy atom. The number of Topliss-reactive ketones (excluding diaryl/α,β-unsaturated/α-hetero) is 1. The number of carbonyl (C=O) groups is 2. The van der Waals surface area contributed by atoms with E-state index in [0.717, 1.165) is 5.56 Å². The molecule has 0 amide bonds. The van der Waals surface area contributed by atoms with Gasteiger partial charge in [-0.1, -0.05) is 54.6 Å².